The van der Waals surface area contributed by atoms with E-state index < -0.39 is 0 Å². The van der Waals surface area contributed by atoms with Gasteiger partial charge < -0.3 is 18.8 Å². The van der Waals surface area contributed by atoms with Crippen LogP contribution in [0.2, 0.25) is 0 Å². The molecule has 3 aromatic rings. The quantitative estimate of drug-likeness (QED) is 0.401. The number of ether oxygens (including phenoxy) is 2. The fourth-order valence-electron chi connectivity index (χ4n) is 5.62. The number of amidine groups is 1. The van der Waals surface area contributed by atoms with Gasteiger partial charge in [0.1, 0.15) is 12.1 Å². The maximum Gasteiger partial charge on any atom is 0.325 e. The molecule has 1 aromatic heterocycles. The largest absolute Gasteiger partial charge is 0.493 e. The van der Waals surface area contributed by atoms with Crippen molar-refractivity contribution in [2.24, 2.45) is 4.99 Å². The maximum atomic E-state index is 14.0. The zero-order valence-corrected chi connectivity index (χ0v) is 23.6. The number of anilines is 1. The number of rotatable bonds is 8. The van der Waals surface area contributed by atoms with Crippen LogP contribution in [-0.4, -0.2) is 59.4 Å². The highest BCUT2D eigenvalue weighted by atomic mass is 16.5. The Hall–Kier alpha value is -4.34. The number of urea groups is 1. The van der Waals surface area contributed by atoms with Gasteiger partial charge in [-0.1, -0.05) is 17.7 Å². The van der Waals surface area contributed by atoms with Crippen molar-refractivity contribution >= 4 is 29.5 Å². The predicted octanol–water partition coefficient (Wildman–Crippen LogP) is 5.49. The number of aromatic nitrogens is 1. The lowest BCUT2D eigenvalue weighted by Crippen LogP contribution is -2.55. The second kappa shape index (κ2) is 11.4. The van der Waals surface area contributed by atoms with Crippen molar-refractivity contribution in [3.8, 4) is 11.5 Å². The van der Waals surface area contributed by atoms with E-state index in [1.807, 2.05) is 37.8 Å². The third-order valence-electron chi connectivity index (χ3n) is 7.36. The summed E-state index contributed by atoms with van der Waals surface area (Å²) in [6.07, 6.45) is 4.12. The van der Waals surface area contributed by atoms with Crippen molar-refractivity contribution in [2.45, 2.75) is 53.0 Å². The smallest absolute Gasteiger partial charge is 0.325 e. The van der Waals surface area contributed by atoms with E-state index in [9.17, 15) is 9.59 Å². The standard InChI is InChI=1S/C30H35N5O5/c1-6-39-25-15-21-7-10-34-23(22(21)16-24(25)38-5)17-26(32-28-19(3)13-18(2)14-20(28)4)35(30(34)37)11-8-27(36)33-29-31-9-12-40-29/h9,12-16,23H,6-8,10-11,17H2,1-5H3,(H,31,33,36). The Morgan fingerprint density at radius 3 is 2.62 bits per heavy atom. The minimum Gasteiger partial charge on any atom is -0.493 e. The highest BCUT2D eigenvalue weighted by molar-refractivity contribution is 6.02. The van der Waals surface area contributed by atoms with Crippen LogP contribution in [0, 0.1) is 20.8 Å². The minimum absolute atomic E-state index is 0.0691. The lowest BCUT2D eigenvalue weighted by molar-refractivity contribution is -0.116. The van der Waals surface area contributed by atoms with Gasteiger partial charge in [-0.05, 0) is 68.5 Å². The van der Waals surface area contributed by atoms with Crippen molar-refractivity contribution in [3.63, 3.8) is 0 Å². The van der Waals surface area contributed by atoms with Gasteiger partial charge in [0.05, 0.1) is 31.6 Å². The molecule has 0 saturated carbocycles. The van der Waals surface area contributed by atoms with E-state index in [0.29, 0.717) is 43.3 Å². The number of nitrogens with zero attached hydrogens (tertiary/aromatic N) is 4. The molecule has 0 spiro atoms. The third kappa shape index (κ3) is 5.38. The summed E-state index contributed by atoms with van der Waals surface area (Å²) in [6, 6.07) is 7.96. The van der Waals surface area contributed by atoms with E-state index >= 15 is 0 Å². The number of oxazole rings is 1. The Morgan fingerprint density at radius 2 is 1.95 bits per heavy atom. The average Bonchev–Trinajstić information content (AvgIpc) is 3.43. The molecule has 210 valence electrons. The summed E-state index contributed by atoms with van der Waals surface area (Å²) in [6.45, 7) is 9.33. The van der Waals surface area contributed by atoms with Crippen LogP contribution >= 0.6 is 0 Å². The fraction of sp³-hybridized carbons (Fsp3) is 0.400. The molecule has 5 rings (SSSR count). The van der Waals surface area contributed by atoms with Crippen molar-refractivity contribution in [1.29, 1.82) is 0 Å². The molecule has 2 aliphatic rings. The maximum absolute atomic E-state index is 14.0. The Labute approximate surface area is 234 Å². The zero-order chi connectivity index (χ0) is 28.4. The Balaban J connectivity index is 1.50. The van der Waals surface area contributed by atoms with Crippen molar-refractivity contribution in [2.75, 3.05) is 32.1 Å². The molecule has 2 aliphatic heterocycles. The van der Waals surface area contributed by atoms with E-state index in [1.54, 1.807) is 12.0 Å². The predicted molar refractivity (Wildman–Crippen MR) is 152 cm³/mol. The van der Waals surface area contributed by atoms with Gasteiger partial charge in [-0.25, -0.2) is 14.8 Å². The molecule has 40 heavy (non-hydrogen) atoms. The highest BCUT2D eigenvalue weighted by Crippen LogP contribution is 2.42. The topological polar surface area (TPSA) is 110 Å². The molecule has 1 unspecified atom stereocenters. The van der Waals surface area contributed by atoms with Crippen molar-refractivity contribution in [1.82, 2.24) is 14.8 Å². The van der Waals surface area contributed by atoms with E-state index in [0.717, 1.165) is 33.5 Å². The molecule has 1 fully saturated rings. The van der Waals surface area contributed by atoms with E-state index in [-0.39, 0.29) is 37.0 Å². The number of fused-ring (bicyclic) bond motifs is 3. The van der Waals surface area contributed by atoms with Gasteiger partial charge in [-0.15, -0.1) is 0 Å². The molecule has 1 saturated heterocycles. The molecule has 3 amide bonds. The first-order valence-electron chi connectivity index (χ1n) is 13.6. The van der Waals surface area contributed by atoms with Crippen LogP contribution in [0.15, 0.2) is 46.1 Å². The lowest BCUT2D eigenvalue weighted by atomic mass is 9.88. The number of methoxy groups -OCH3 is 1. The number of aliphatic imine (C=N–C) groups is 1. The van der Waals surface area contributed by atoms with E-state index in [2.05, 4.69) is 29.4 Å². The molecular formula is C30H35N5O5. The van der Waals surface area contributed by atoms with Crippen molar-refractivity contribution < 1.29 is 23.5 Å². The number of carbonyl (C=O) groups is 2. The van der Waals surface area contributed by atoms with Gasteiger partial charge in [0.25, 0.3) is 0 Å². The summed E-state index contributed by atoms with van der Waals surface area (Å²) in [5.74, 6) is 1.68. The summed E-state index contributed by atoms with van der Waals surface area (Å²) in [4.78, 5) is 39.2. The Bertz CT molecular complexity index is 1430. The molecular weight excluding hydrogens is 510 g/mol. The van der Waals surface area contributed by atoms with E-state index in [1.165, 1.54) is 12.5 Å². The number of amides is 3. The minimum atomic E-state index is -0.295. The van der Waals surface area contributed by atoms with Gasteiger partial charge in [-0.2, -0.15) is 0 Å². The van der Waals surface area contributed by atoms with Gasteiger partial charge in [0.15, 0.2) is 11.5 Å². The molecule has 0 radical (unpaired) electrons. The summed E-state index contributed by atoms with van der Waals surface area (Å²) in [5, 5.41) is 2.63. The number of nitrogens with one attached hydrogen (secondary N) is 1. The van der Waals surface area contributed by atoms with Crippen LogP contribution in [0.3, 0.4) is 0 Å². The number of aryl methyl sites for hydroxylation is 3. The zero-order valence-electron chi connectivity index (χ0n) is 23.6. The molecule has 0 bridgehead atoms. The Morgan fingerprint density at radius 1 is 1.18 bits per heavy atom. The molecule has 2 aromatic carbocycles. The number of carbonyl (C=O) groups excluding carboxylic acids is 2. The second-order valence-electron chi connectivity index (χ2n) is 10.1. The van der Waals surface area contributed by atoms with Crippen LogP contribution in [0.5, 0.6) is 11.5 Å². The van der Waals surface area contributed by atoms with Gasteiger partial charge in [0, 0.05) is 25.9 Å². The number of hydrogen-bond acceptors (Lipinski definition) is 7. The monoisotopic (exact) mass is 545 g/mol. The first-order valence-corrected chi connectivity index (χ1v) is 13.6. The SMILES string of the molecule is CCOc1cc2c(cc1OC)C1CC(=Nc3c(C)cc(C)cc3C)N(CCC(=O)Nc3ncco3)C(=O)N1CC2. The summed E-state index contributed by atoms with van der Waals surface area (Å²) in [5.41, 5.74) is 6.24. The summed E-state index contributed by atoms with van der Waals surface area (Å²) in [7, 11) is 1.62. The molecule has 3 heterocycles. The summed E-state index contributed by atoms with van der Waals surface area (Å²) >= 11 is 0. The molecule has 1 N–H and O–H groups in total. The third-order valence-corrected chi connectivity index (χ3v) is 7.36. The molecule has 10 heteroatoms. The summed E-state index contributed by atoms with van der Waals surface area (Å²) < 4.78 is 16.6. The fourth-order valence-corrected chi connectivity index (χ4v) is 5.62. The van der Waals surface area contributed by atoms with Crippen LogP contribution in [0.1, 0.15) is 53.6 Å². The molecule has 1 atom stereocenters. The normalized spacial score (nSPS) is 17.5. The van der Waals surface area contributed by atoms with Gasteiger partial charge in [0.2, 0.25) is 5.91 Å². The van der Waals surface area contributed by atoms with Gasteiger partial charge >= 0.3 is 12.0 Å². The van der Waals surface area contributed by atoms with Crippen LogP contribution in [0.4, 0.5) is 16.5 Å². The lowest BCUT2D eigenvalue weighted by Gasteiger charge is -2.45. The number of hydrogen-bond donors (Lipinski definition) is 1. The molecule has 10 nitrogen and oxygen atoms in total. The highest BCUT2D eigenvalue weighted by Gasteiger charge is 2.41. The number of benzene rings is 2. The van der Waals surface area contributed by atoms with Crippen molar-refractivity contribution in [3.05, 3.63) is 64.5 Å². The van der Waals surface area contributed by atoms with Crippen LogP contribution in [0.25, 0.3) is 0 Å². The van der Waals surface area contributed by atoms with Crippen LogP contribution < -0.4 is 14.8 Å². The first-order chi connectivity index (χ1) is 19.3. The first kappa shape index (κ1) is 27.2. The molecule has 0 aliphatic carbocycles. The van der Waals surface area contributed by atoms with E-state index in [4.69, 9.17) is 18.9 Å². The Kier molecular flexibility index (Phi) is 7.77. The average molecular weight is 546 g/mol. The van der Waals surface area contributed by atoms with Crippen LogP contribution in [-0.2, 0) is 11.2 Å². The van der Waals surface area contributed by atoms with Gasteiger partial charge in [-0.3, -0.25) is 15.0 Å². The second-order valence-corrected chi connectivity index (χ2v) is 10.1.